The van der Waals surface area contributed by atoms with Crippen molar-refractivity contribution in [3.63, 3.8) is 0 Å². The van der Waals surface area contributed by atoms with E-state index in [2.05, 4.69) is 32.0 Å². The van der Waals surface area contributed by atoms with Gasteiger partial charge in [0.15, 0.2) is 0 Å². The van der Waals surface area contributed by atoms with E-state index in [0.29, 0.717) is 6.42 Å². The highest BCUT2D eigenvalue weighted by Gasteiger charge is 2.38. The van der Waals surface area contributed by atoms with Crippen molar-refractivity contribution in [1.82, 2.24) is 0 Å². The highest BCUT2D eigenvalue weighted by atomic mass is 16.6. The molecule has 1 aliphatic heterocycles. The van der Waals surface area contributed by atoms with E-state index < -0.39 is 5.60 Å². The van der Waals surface area contributed by atoms with Crippen LogP contribution in [0.2, 0.25) is 0 Å². The molecule has 0 N–H and O–H groups in total. The fourth-order valence-corrected chi connectivity index (χ4v) is 2.29. The minimum Gasteiger partial charge on any atom is -0.454 e. The standard InChI is InChI=1S/C13H16O2/c1-9-4-5-11(10(2)8-9)13(3)7-6-12(14)15-13/h4-5,8H,6-7H2,1-3H3. The lowest BCUT2D eigenvalue weighted by atomic mass is 9.89. The Morgan fingerprint density at radius 1 is 1.33 bits per heavy atom. The Morgan fingerprint density at radius 3 is 2.60 bits per heavy atom. The number of rotatable bonds is 1. The van der Waals surface area contributed by atoms with Crippen molar-refractivity contribution < 1.29 is 9.53 Å². The van der Waals surface area contributed by atoms with Crippen molar-refractivity contribution in [3.8, 4) is 0 Å². The van der Waals surface area contributed by atoms with Crippen LogP contribution >= 0.6 is 0 Å². The number of hydrogen-bond acceptors (Lipinski definition) is 2. The lowest BCUT2D eigenvalue weighted by molar-refractivity contribution is -0.147. The van der Waals surface area contributed by atoms with Gasteiger partial charge >= 0.3 is 5.97 Å². The predicted octanol–water partition coefficient (Wildman–Crippen LogP) is 2.86. The average Bonchev–Trinajstić information content (AvgIpc) is 2.46. The molecule has 1 heterocycles. The number of carbonyl (C=O) groups is 1. The van der Waals surface area contributed by atoms with Crippen LogP contribution < -0.4 is 0 Å². The normalized spacial score (nSPS) is 25.4. The van der Waals surface area contributed by atoms with Crippen LogP contribution in [0.1, 0.15) is 36.5 Å². The van der Waals surface area contributed by atoms with Crippen LogP contribution in [0.15, 0.2) is 18.2 Å². The Bertz CT molecular complexity index is 409. The first-order valence-electron chi connectivity index (χ1n) is 5.31. The highest BCUT2D eigenvalue weighted by Crippen LogP contribution is 2.37. The van der Waals surface area contributed by atoms with Crippen LogP contribution in [0.5, 0.6) is 0 Å². The second-order valence-electron chi connectivity index (χ2n) is 4.52. The quantitative estimate of drug-likeness (QED) is 0.657. The maximum atomic E-state index is 11.2. The molecule has 1 aromatic rings. The van der Waals surface area contributed by atoms with Gasteiger partial charge in [-0.2, -0.15) is 0 Å². The Kier molecular flexibility index (Phi) is 2.29. The van der Waals surface area contributed by atoms with Gasteiger partial charge in [0.25, 0.3) is 0 Å². The summed E-state index contributed by atoms with van der Waals surface area (Å²) in [5.41, 5.74) is 3.17. The van der Waals surface area contributed by atoms with E-state index in [9.17, 15) is 4.79 Å². The first kappa shape index (κ1) is 10.2. The SMILES string of the molecule is Cc1ccc(C2(C)CCC(=O)O2)c(C)c1. The summed E-state index contributed by atoms with van der Waals surface area (Å²) in [5, 5.41) is 0. The molecule has 2 nitrogen and oxygen atoms in total. The first-order valence-corrected chi connectivity index (χ1v) is 5.31. The first-order chi connectivity index (χ1) is 7.01. The zero-order valence-corrected chi connectivity index (χ0v) is 9.46. The number of ether oxygens (including phenoxy) is 1. The van der Waals surface area contributed by atoms with Crippen molar-refractivity contribution in [1.29, 1.82) is 0 Å². The summed E-state index contributed by atoms with van der Waals surface area (Å²) in [6.07, 6.45) is 1.32. The second kappa shape index (κ2) is 3.37. The van der Waals surface area contributed by atoms with Gasteiger partial charge in [-0.25, -0.2) is 0 Å². The minimum atomic E-state index is -0.408. The van der Waals surface area contributed by atoms with Crippen molar-refractivity contribution in [2.45, 2.75) is 39.2 Å². The molecular weight excluding hydrogens is 188 g/mol. The molecule has 1 aliphatic rings. The third kappa shape index (κ3) is 1.76. The van der Waals surface area contributed by atoms with E-state index in [1.807, 2.05) is 6.92 Å². The molecular formula is C13H16O2. The fourth-order valence-electron chi connectivity index (χ4n) is 2.29. The summed E-state index contributed by atoms with van der Waals surface area (Å²) in [5.74, 6) is -0.0857. The van der Waals surface area contributed by atoms with Gasteiger partial charge in [0, 0.05) is 12.8 Å². The van der Waals surface area contributed by atoms with Crippen molar-refractivity contribution in [2.75, 3.05) is 0 Å². The zero-order chi connectivity index (χ0) is 11.1. The summed E-state index contributed by atoms with van der Waals surface area (Å²) in [6.45, 7) is 6.13. The van der Waals surface area contributed by atoms with E-state index >= 15 is 0 Å². The topological polar surface area (TPSA) is 26.3 Å². The number of hydrogen-bond donors (Lipinski definition) is 0. The molecule has 15 heavy (non-hydrogen) atoms. The number of aryl methyl sites for hydroxylation is 2. The van der Waals surface area contributed by atoms with Gasteiger partial charge < -0.3 is 4.74 Å². The number of cyclic esters (lactones) is 1. The second-order valence-corrected chi connectivity index (χ2v) is 4.52. The molecule has 2 rings (SSSR count). The molecule has 0 bridgehead atoms. The molecule has 0 spiro atoms. The molecule has 1 saturated heterocycles. The van der Waals surface area contributed by atoms with Crippen LogP contribution in [-0.2, 0) is 15.1 Å². The molecule has 1 aromatic carbocycles. The number of esters is 1. The Balaban J connectivity index is 2.41. The Hall–Kier alpha value is -1.31. The molecule has 0 radical (unpaired) electrons. The van der Waals surface area contributed by atoms with Crippen LogP contribution in [0.4, 0.5) is 0 Å². The van der Waals surface area contributed by atoms with Crippen molar-refractivity contribution in [2.24, 2.45) is 0 Å². The smallest absolute Gasteiger partial charge is 0.306 e. The molecule has 0 aromatic heterocycles. The van der Waals surface area contributed by atoms with E-state index in [4.69, 9.17) is 4.74 Å². The summed E-state index contributed by atoms with van der Waals surface area (Å²) < 4.78 is 5.42. The zero-order valence-electron chi connectivity index (χ0n) is 9.46. The molecule has 1 fully saturated rings. The van der Waals surface area contributed by atoms with Crippen molar-refractivity contribution >= 4 is 5.97 Å². The fraction of sp³-hybridized carbons (Fsp3) is 0.462. The lowest BCUT2D eigenvalue weighted by Crippen LogP contribution is -2.22. The summed E-state index contributed by atoms with van der Waals surface area (Å²) in [4.78, 5) is 11.2. The molecule has 2 heteroatoms. The summed E-state index contributed by atoms with van der Waals surface area (Å²) in [6, 6.07) is 6.27. The van der Waals surface area contributed by atoms with E-state index in [0.717, 1.165) is 12.0 Å². The van der Waals surface area contributed by atoms with Crippen LogP contribution in [-0.4, -0.2) is 5.97 Å². The highest BCUT2D eigenvalue weighted by molar-refractivity contribution is 5.72. The van der Waals surface area contributed by atoms with E-state index in [1.54, 1.807) is 0 Å². The molecule has 0 amide bonds. The molecule has 1 atom stereocenters. The van der Waals surface area contributed by atoms with E-state index in [1.165, 1.54) is 11.1 Å². The monoisotopic (exact) mass is 204 g/mol. The van der Waals surface area contributed by atoms with Crippen LogP contribution in [0.3, 0.4) is 0 Å². The largest absolute Gasteiger partial charge is 0.454 e. The summed E-state index contributed by atoms with van der Waals surface area (Å²) >= 11 is 0. The van der Waals surface area contributed by atoms with Gasteiger partial charge in [-0.1, -0.05) is 23.8 Å². The lowest BCUT2D eigenvalue weighted by Gasteiger charge is -2.25. The third-order valence-corrected chi connectivity index (χ3v) is 3.10. The van der Waals surface area contributed by atoms with Gasteiger partial charge in [-0.05, 0) is 31.9 Å². The van der Waals surface area contributed by atoms with Gasteiger partial charge in [0.2, 0.25) is 0 Å². The van der Waals surface area contributed by atoms with E-state index in [-0.39, 0.29) is 5.97 Å². The van der Waals surface area contributed by atoms with Crippen LogP contribution in [0.25, 0.3) is 0 Å². The summed E-state index contributed by atoms with van der Waals surface area (Å²) in [7, 11) is 0. The van der Waals surface area contributed by atoms with Gasteiger partial charge in [-0.3, -0.25) is 4.79 Å². The predicted molar refractivity (Wildman–Crippen MR) is 58.6 cm³/mol. The Morgan fingerprint density at radius 2 is 2.07 bits per heavy atom. The van der Waals surface area contributed by atoms with Gasteiger partial charge in [0.05, 0.1) is 0 Å². The molecule has 0 aliphatic carbocycles. The third-order valence-electron chi connectivity index (χ3n) is 3.10. The van der Waals surface area contributed by atoms with Gasteiger partial charge in [0.1, 0.15) is 5.60 Å². The Labute approximate surface area is 90.3 Å². The molecule has 1 unspecified atom stereocenters. The molecule has 0 saturated carbocycles. The number of carbonyl (C=O) groups excluding carboxylic acids is 1. The maximum Gasteiger partial charge on any atom is 0.306 e. The number of benzene rings is 1. The van der Waals surface area contributed by atoms with Crippen LogP contribution in [0, 0.1) is 13.8 Å². The maximum absolute atomic E-state index is 11.2. The minimum absolute atomic E-state index is 0.0857. The van der Waals surface area contributed by atoms with Gasteiger partial charge in [-0.15, -0.1) is 0 Å². The van der Waals surface area contributed by atoms with Crippen molar-refractivity contribution in [3.05, 3.63) is 34.9 Å². The molecule has 80 valence electrons. The average molecular weight is 204 g/mol.